The summed E-state index contributed by atoms with van der Waals surface area (Å²) in [6.45, 7) is 8.37. The highest BCUT2D eigenvalue weighted by Crippen LogP contribution is 2.12. The number of rotatable bonds is 8. The van der Waals surface area contributed by atoms with Crippen molar-refractivity contribution in [1.29, 1.82) is 0 Å². The van der Waals surface area contributed by atoms with E-state index in [1.165, 1.54) is 25.7 Å². The minimum absolute atomic E-state index is 0. The SMILES string of the molecule is CCCCC(CC)CN=C(N)NCCC.I. The van der Waals surface area contributed by atoms with Crippen LogP contribution in [0.4, 0.5) is 0 Å². The predicted octanol–water partition coefficient (Wildman–Crippen LogP) is 3.14. The molecule has 0 fully saturated rings. The van der Waals surface area contributed by atoms with Crippen LogP contribution in [-0.4, -0.2) is 19.0 Å². The van der Waals surface area contributed by atoms with Crippen LogP contribution in [0, 0.1) is 5.92 Å². The zero-order valence-corrected chi connectivity index (χ0v) is 13.3. The van der Waals surface area contributed by atoms with Gasteiger partial charge in [0.2, 0.25) is 0 Å². The number of hydrogen-bond donors (Lipinski definition) is 2. The topological polar surface area (TPSA) is 50.4 Å². The van der Waals surface area contributed by atoms with Crippen molar-refractivity contribution >= 4 is 29.9 Å². The van der Waals surface area contributed by atoms with Crippen molar-refractivity contribution in [3.63, 3.8) is 0 Å². The van der Waals surface area contributed by atoms with E-state index < -0.39 is 0 Å². The standard InChI is InChI=1S/C12H27N3.HI/c1-4-7-8-11(6-3)10-15-12(13)14-9-5-2;/h11H,4-10H2,1-3H3,(H3,13,14,15);1H. The molecule has 0 aromatic carbocycles. The minimum atomic E-state index is 0. The molecule has 0 aromatic heterocycles. The molecule has 0 aliphatic heterocycles. The maximum Gasteiger partial charge on any atom is 0.188 e. The number of aliphatic imine (C=N–C) groups is 1. The molecule has 0 bridgehead atoms. The molecule has 0 saturated heterocycles. The molecule has 3 nitrogen and oxygen atoms in total. The largest absolute Gasteiger partial charge is 0.370 e. The van der Waals surface area contributed by atoms with Gasteiger partial charge >= 0.3 is 0 Å². The molecule has 4 heteroatoms. The normalized spacial score (nSPS) is 13.1. The summed E-state index contributed by atoms with van der Waals surface area (Å²) < 4.78 is 0. The number of nitrogens with zero attached hydrogens (tertiary/aromatic N) is 1. The molecule has 0 spiro atoms. The van der Waals surface area contributed by atoms with Crippen LogP contribution in [0.15, 0.2) is 4.99 Å². The number of nitrogens with two attached hydrogens (primary N) is 1. The number of guanidine groups is 1. The van der Waals surface area contributed by atoms with E-state index in [9.17, 15) is 0 Å². The Labute approximate surface area is 118 Å². The van der Waals surface area contributed by atoms with Crippen LogP contribution in [0.5, 0.6) is 0 Å². The molecule has 0 amide bonds. The molecule has 0 aromatic rings. The van der Waals surface area contributed by atoms with Crippen LogP contribution < -0.4 is 11.1 Å². The summed E-state index contributed by atoms with van der Waals surface area (Å²) in [7, 11) is 0. The van der Waals surface area contributed by atoms with Gasteiger partial charge in [0.1, 0.15) is 0 Å². The molecule has 0 saturated carbocycles. The van der Waals surface area contributed by atoms with Crippen LogP contribution in [-0.2, 0) is 0 Å². The number of unbranched alkanes of at least 4 members (excludes halogenated alkanes) is 1. The lowest BCUT2D eigenvalue weighted by atomic mass is 10.00. The first-order valence-corrected chi connectivity index (χ1v) is 6.28. The first kappa shape index (κ1) is 18.4. The van der Waals surface area contributed by atoms with Crippen molar-refractivity contribution in [1.82, 2.24) is 5.32 Å². The summed E-state index contributed by atoms with van der Waals surface area (Å²) in [5, 5.41) is 3.10. The van der Waals surface area contributed by atoms with Gasteiger partial charge in [-0.15, -0.1) is 24.0 Å². The molecular weight excluding hydrogens is 313 g/mol. The third-order valence-corrected chi connectivity index (χ3v) is 2.62. The third-order valence-electron chi connectivity index (χ3n) is 2.62. The van der Waals surface area contributed by atoms with E-state index >= 15 is 0 Å². The summed E-state index contributed by atoms with van der Waals surface area (Å²) in [5.41, 5.74) is 5.73. The van der Waals surface area contributed by atoms with E-state index in [0.29, 0.717) is 11.9 Å². The molecule has 98 valence electrons. The molecule has 0 radical (unpaired) electrons. The van der Waals surface area contributed by atoms with Gasteiger partial charge in [0.15, 0.2) is 5.96 Å². The van der Waals surface area contributed by atoms with Crippen LogP contribution >= 0.6 is 24.0 Å². The van der Waals surface area contributed by atoms with Crippen LogP contribution in [0.25, 0.3) is 0 Å². The van der Waals surface area contributed by atoms with Crippen molar-refractivity contribution in [2.45, 2.75) is 52.9 Å². The van der Waals surface area contributed by atoms with Gasteiger partial charge in [0, 0.05) is 13.1 Å². The van der Waals surface area contributed by atoms with Gasteiger partial charge < -0.3 is 11.1 Å². The lowest BCUT2D eigenvalue weighted by molar-refractivity contribution is 0.462. The molecule has 16 heavy (non-hydrogen) atoms. The second-order valence-electron chi connectivity index (χ2n) is 4.07. The summed E-state index contributed by atoms with van der Waals surface area (Å²) in [6.07, 6.45) is 6.13. The second kappa shape index (κ2) is 13.1. The molecule has 0 aliphatic rings. The maximum absolute atomic E-state index is 5.73. The number of halogens is 1. The molecule has 0 heterocycles. The molecule has 0 rings (SSSR count). The molecule has 3 N–H and O–H groups in total. The Hall–Kier alpha value is 0. The number of hydrogen-bond acceptors (Lipinski definition) is 1. The van der Waals surface area contributed by atoms with Crippen LogP contribution in [0.1, 0.15) is 52.9 Å². The van der Waals surface area contributed by atoms with E-state index in [-0.39, 0.29) is 24.0 Å². The van der Waals surface area contributed by atoms with Gasteiger partial charge in [0.25, 0.3) is 0 Å². The van der Waals surface area contributed by atoms with Gasteiger partial charge in [-0.25, -0.2) is 0 Å². The Bertz CT molecular complexity index is 172. The smallest absolute Gasteiger partial charge is 0.188 e. The van der Waals surface area contributed by atoms with Crippen molar-refractivity contribution in [2.75, 3.05) is 13.1 Å². The highest BCUT2D eigenvalue weighted by Gasteiger charge is 2.04. The zero-order chi connectivity index (χ0) is 11.5. The lowest BCUT2D eigenvalue weighted by Crippen LogP contribution is -2.32. The summed E-state index contributed by atoms with van der Waals surface area (Å²) in [6, 6.07) is 0. The number of nitrogens with one attached hydrogen (secondary N) is 1. The molecule has 1 unspecified atom stereocenters. The molecule has 1 atom stereocenters. The fourth-order valence-corrected chi connectivity index (χ4v) is 1.45. The van der Waals surface area contributed by atoms with Gasteiger partial charge in [-0.1, -0.05) is 40.0 Å². The highest BCUT2D eigenvalue weighted by atomic mass is 127. The Balaban J connectivity index is 0. The van der Waals surface area contributed by atoms with Crippen molar-refractivity contribution in [3.05, 3.63) is 0 Å². The average Bonchev–Trinajstić information content (AvgIpc) is 2.26. The first-order valence-electron chi connectivity index (χ1n) is 6.28. The van der Waals surface area contributed by atoms with Crippen molar-refractivity contribution in [3.8, 4) is 0 Å². The van der Waals surface area contributed by atoms with E-state index in [4.69, 9.17) is 5.73 Å². The third kappa shape index (κ3) is 10.5. The minimum Gasteiger partial charge on any atom is -0.370 e. The zero-order valence-electron chi connectivity index (χ0n) is 11.0. The fraction of sp³-hybridized carbons (Fsp3) is 0.917. The maximum atomic E-state index is 5.73. The monoisotopic (exact) mass is 341 g/mol. The van der Waals surface area contributed by atoms with E-state index in [1.807, 2.05) is 0 Å². The van der Waals surface area contributed by atoms with Crippen LogP contribution in [0.2, 0.25) is 0 Å². The summed E-state index contributed by atoms with van der Waals surface area (Å²) in [5.74, 6) is 1.30. The lowest BCUT2D eigenvalue weighted by Gasteiger charge is -2.12. The van der Waals surface area contributed by atoms with Gasteiger partial charge in [0.05, 0.1) is 0 Å². The fourth-order valence-electron chi connectivity index (χ4n) is 1.45. The first-order chi connectivity index (χ1) is 7.24. The van der Waals surface area contributed by atoms with Gasteiger partial charge in [-0.05, 0) is 18.8 Å². The second-order valence-corrected chi connectivity index (χ2v) is 4.07. The van der Waals surface area contributed by atoms with Crippen molar-refractivity contribution < 1.29 is 0 Å². The van der Waals surface area contributed by atoms with E-state index in [1.54, 1.807) is 0 Å². The van der Waals surface area contributed by atoms with Gasteiger partial charge in [-0.2, -0.15) is 0 Å². The molecule has 0 aliphatic carbocycles. The molecular formula is C12H28IN3. The Morgan fingerprint density at radius 3 is 2.44 bits per heavy atom. The Morgan fingerprint density at radius 1 is 1.25 bits per heavy atom. The van der Waals surface area contributed by atoms with E-state index in [2.05, 4.69) is 31.1 Å². The summed E-state index contributed by atoms with van der Waals surface area (Å²) in [4.78, 5) is 4.37. The summed E-state index contributed by atoms with van der Waals surface area (Å²) >= 11 is 0. The van der Waals surface area contributed by atoms with E-state index in [0.717, 1.165) is 19.5 Å². The van der Waals surface area contributed by atoms with Crippen LogP contribution in [0.3, 0.4) is 0 Å². The van der Waals surface area contributed by atoms with Gasteiger partial charge in [-0.3, -0.25) is 4.99 Å². The Morgan fingerprint density at radius 2 is 1.94 bits per heavy atom. The predicted molar refractivity (Wildman–Crippen MR) is 83.5 cm³/mol. The highest BCUT2D eigenvalue weighted by molar-refractivity contribution is 14.0. The van der Waals surface area contributed by atoms with Crippen molar-refractivity contribution in [2.24, 2.45) is 16.6 Å². The quantitative estimate of drug-likeness (QED) is 0.405. The Kier molecular flexibility index (Phi) is 15.0. The average molecular weight is 341 g/mol.